The van der Waals surface area contributed by atoms with Gasteiger partial charge < -0.3 is 10.1 Å². The van der Waals surface area contributed by atoms with E-state index >= 15 is 0 Å². The molecule has 0 amide bonds. The van der Waals surface area contributed by atoms with Crippen molar-refractivity contribution >= 4 is 5.52 Å². The lowest BCUT2D eigenvalue weighted by atomic mass is 10.1. The maximum absolute atomic E-state index is 12.9. The molecule has 0 saturated heterocycles. The number of fused-ring (bicyclic) bond motifs is 1. The van der Waals surface area contributed by atoms with Gasteiger partial charge in [-0.05, 0) is 29.3 Å². The van der Waals surface area contributed by atoms with Gasteiger partial charge in [-0.15, -0.1) is 0 Å². The molecule has 2 N–H and O–H groups in total. The lowest BCUT2D eigenvalue weighted by Gasteiger charge is -2.04. The van der Waals surface area contributed by atoms with Crippen molar-refractivity contribution in [3.8, 4) is 0 Å². The van der Waals surface area contributed by atoms with Gasteiger partial charge in [0.15, 0.2) is 0 Å². The number of benzene rings is 1. The van der Waals surface area contributed by atoms with Gasteiger partial charge in [0.1, 0.15) is 11.6 Å². The van der Waals surface area contributed by atoms with E-state index in [0.29, 0.717) is 13.0 Å². The molecule has 2 aromatic heterocycles. The average molecular weight is 255 g/mol. The van der Waals surface area contributed by atoms with Crippen LogP contribution in [-0.4, -0.2) is 9.38 Å². The van der Waals surface area contributed by atoms with E-state index in [2.05, 4.69) is 4.98 Å². The molecule has 96 valence electrons. The van der Waals surface area contributed by atoms with Crippen LogP contribution in [0.5, 0.6) is 0 Å². The molecule has 0 unspecified atom stereocenters. The fourth-order valence-corrected chi connectivity index (χ4v) is 2.12. The molecule has 1 aromatic carbocycles. The van der Waals surface area contributed by atoms with Crippen LogP contribution in [0.4, 0.5) is 4.39 Å². The number of rotatable bonds is 3. The molecule has 3 rings (SSSR count). The molecule has 2 heterocycles. The van der Waals surface area contributed by atoms with Gasteiger partial charge in [0.05, 0.1) is 11.7 Å². The Labute approximate surface area is 110 Å². The normalized spacial score (nSPS) is 11.1. The third-order valence-corrected chi connectivity index (χ3v) is 3.18. The molecule has 19 heavy (non-hydrogen) atoms. The number of nitrogens with zero attached hydrogens (tertiary/aromatic N) is 2. The molecule has 4 heteroatoms. The minimum atomic E-state index is -0.220. The molecule has 3 nitrogen and oxygen atoms in total. The SMILES string of the molecule is NCc1ccc2cnc(Cc3ccc(F)cc3)n2c1. The first kappa shape index (κ1) is 11.9. The van der Waals surface area contributed by atoms with Gasteiger partial charge in [0, 0.05) is 19.2 Å². The third kappa shape index (κ3) is 2.35. The Hall–Kier alpha value is -2.20. The van der Waals surface area contributed by atoms with E-state index < -0.39 is 0 Å². The predicted octanol–water partition coefficient (Wildman–Crippen LogP) is 2.52. The van der Waals surface area contributed by atoms with Gasteiger partial charge in [-0.2, -0.15) is 0 Å². The second kappa shape index (κ2) is 4.82. The number of hydrogen-bond donors (Lipinski definition) is 1. The number of imidazole rings is 1. The van der Waals surface area contributed by atoms with Crippen LogP contribution in [0, 0.1) is 5.82 Å². The molecule has 0 aliphatic rings. The Morgan fingerprint density at radius 1 is 1.05 bits per heavy atom. The van der Waals surface area contributed by atoms with Gasteiger partial charge in [0.2, 0.25) is 0 Å². The Morgan fingerprint density at radius 3 is 2.53 bits per heavy atom. The van der Waals surface area contributed by atoms with Gasteiger partial charge in [-0.1, -0.05) is 18.2 Å². The molecule has 0 radical (unpaired) electrons. The second-order valence-electron chi connectivity index (χ2n) is 4.51. The highest BCUT2D eigenvalue weighted by atomic mass is 19.1. The zero-order chi connectivity index (χ0) is 13.2. The lowest BCUT2D eigenvalue weighted by Crippen LogP contribution is -2.01. The quantitative estimate of drug-likeness (QED) is 0.781. The first-order chi connectivity index (χ1) is 9.26. The van der Waals surface area contributed by atoms with Crippen LogP contribution >= 0.6 is 0 Å². The van der Waals surface area contributed by atoms with Gasteiger partial charge in [-0.25, -0.2) is 9.37 Å². The fourth-order valence-electron chi connectivity index (χ4n) is 2.12. The van der Waals surface area contributed by atoms with E-state index in [1.165, 1.54) is 12.1 Å². The standard InChI is InChI=1S/C15H14FN3/c16-13-4-1-11(2-5-13)7-15-18-9-14-6-3-12(8-17)10-19(14)15/h1-6,9-10H,7-8,17H2. The summed E-state index contributed by atoms with van der Waals surface area (Å²) >= 11 is 0. The maximum Gasteiger partial charge on any atom is 0.123 e. The molecule has 0 fully saturated rings. The number of halogens is 1. The predicted molar refractivity (Wildman–Crippen MR) is 72.3 cm³/mol. The van der Waals surface area contributed by atoms with Crippen molar-refractivity contribution in [3.05, 3.63) is 71.6 Å². The van der Waals surface area contributed by atoms with Crippen LogP contribution in [0.3, 0.4) is 0 Å². The van der Waals surface area contributed by atoms with Crippen LogP contribution in [0.25, 0.3) is 5.52 Å². The average Bonchev–Trinajstić information content (AvgIpc) is 2.84. The van der Waals surface area contributed by atoms with Gasteiger partial charge in [-0.3, -0.25) is 0 Å². The molecular formula is C15H14FN3. The van der Waals surface area contributed by atoms with Crippen molar-refractivity contribution in [2.45, 2.75) is 13.0 Å². The largest absolute Gasteiger partial charge is 0.326 e. The summed E-state index contributed by atoms with van der Waals surface area (Å²) in [5, 5.41) is 0. The van der Waals surface area contributed by atoms with Crippen molar-refractivity contribution in [3.63, 3.8) is 0 Å². The highest BCUT2D eigenvalue weighted by Crippen LogP contribution is 2.13. The van der Waals surface area contributed by atoms with E-state index in [4.69, 9.17) is 5.73 Å². The molecule has 0 spiro atoms. The minimum Gasteiger partial charge on any atom is -0.326 e. The Morgan fingerprint density at radius 2 is 1.79 bits per heavy atom. The lowest BCUT2D eigenvalue weighted by molar-refractivity contribution is 0.627. The summed E-state index contributed by atoms with van der Waals surface area (Å²) in [5.74, 6) is 0.707. The zero-order valence-electron chi connectivity index (χ0n) is 10.4. The summed E-state index contributed by atoms with van der Waals surface area (Å²) in [6.07, 6.45) is 4.50. The summed E-state index contributed by atoms with van der Waals surface area (Å²) in [6, 6.07) is 10.5. The monoisotopic (exact) mass is 255 g/mol. The summed E-state index contributed by atoms with van der Waals surface area (Å²) in [4.78, 5) is 4.42. The van der Waals surface area contributed by atoms with Crippen LogP contribution in [0.1, 0.15) is 17.0 Å². The summed E-state index contributed by atoms with van der Waals surface area (Å²) in [5.41, 5.74) is 8.79. The minimum absolute atomic E-state index is 0.220. The maximum atomic E-state index is 12.9. The molecule has 0 atom stereocenters. The molecule has 0 aliphatic heterocycles. The molecular weight excluding hydrogens is 241 g/mol. The third-order valence-electron chi connectivity index (χ3n) is 3.18. The van der Waals surface area contributed by atoms with Crippen molar-refractivity contribution in [1.29, 1.82) is 0 Å². The Balaban J connectivity index is 1.98. The van der Waals surface area contributed by atoms with Crippen LogP contribution in [-0.2, 0) is 13.0 Å². The number of pyridine rings is 1. The Kier molecular flexibility index (Phi) is 3.01. The molecule has 0 saturated carbocycles. The van der Waals surface area contributed by atoms with Gasteiger partial charge in [0.25, 0.3) is 0 Å². The van der Waals surface area contributed by atoms with E-state index in [1.807, 2.05) is 28.9 Å². The van der Waals surface area contributed by atoms with Crippen molar-refractivity contribution in [1.82, 2.24) is 9.38 Å². The van der Waals surface area contributed by atoms with Crippen LogP contribution in [0.15, 0.2) is 48.8 Å². The van der Waals surface area contributed by atoms with Crippen molar-refractivity contribution < 1.29 is 4.39 Å². The fraction of sp³-hybridized carbons (Fsp3) is 0.133. The van der Waals surface area contributed by atoms with Gasteiger partial charge >= 0.3 is 0 Å². The first-order valence-corrected chi connectivity index (χ1v) is 6.15. The summed E-state index contributed by atoms with van der Waals surface area (Å²) < 4.78 is 14.9. The van der Waals surface area contributed by atoms with Crippen molar-refractivity contribution in [2.24, 2.45) is 5.73 Å². The second-order valence-corrected chi connectivity index (χ2v) is 4.51. The topological polar surface area (TPSA) is 43.3 Å². The van der Waals surface area contributed by atoms with Crippen molar-refractivity contribution in [2.75, 3.05) is 0 Å². The zero-order valence-corrected chi connectivity index (χ0v) is 10.4. The summed E-state index contributed by atoms with van der Waals surface area (Å²) in [7, 11) is 0. The molecule has 0 aliphatic carbocycles. The summed E-state index contributed by atoms with van der Waals surface area (Å²) in [6.45, 7) is 0.504. The number of hydrogen-bond acceptors (Lipinski definition) is 2. The number of aromatic nitrogens is 2. The Bertz CT molecular complexity index is 701. The van der Waals surface area contributed by atoms with E-state index in [9.17, 15) is 4.39 Å². The highest BCUT2D eigenvalue weighted by molar-refractivity contribution is 5.47. The highest BCUT2D eigenvalue weighted by Gasteiger charge is 2.05. The molecule has 0 bridgehead atoms. The smallest absolute Gasteiger partial charge is 0.123 e. The van der Waals surface area contributed by atoms with Crippen LogP contribution in [0.2, 0.25) is 0 Å². The van der Waals surface area contributed by atoms with E-state index in [0.717, 1.165) is 22.5 Å². The van der Waals surface area contributed by atoms with E-state index in [-0.39, 0.29) is 5.82 Å². The molecule has 3 aromatic rings. The first-order valence-electron chi connectivity index (χ1n) is 6.15. The van der Waals surface area contributed by atoms with Crippen LogP contribution < -0.4 is 5.73 Å². The van der Waals surface area contributed by atoms with E-state index in [1.54, 1.807) is 12.1 Å². The number of nitrogens with two attached hydrogens (primary N) is 1.